The van der Waals surface area contributed by atoms with Gasteiger partial charge in [0.2, 0.25) is 0 Å². The summed E-state index contributed by atoms with van der Waals surface area (Å²) in [6.45, 7) is 0.417. The monoisotopic (exact) mass is 472 g/mol. The molecule has 0 radical (unpaired) electrons. The molecule has 0 saturated heterocycles. The average Bonchev–Trinajstić information content (AvgIpc) is 2.73. The standard InChI is InChI=1S/C22H18BrClN2O3/c1-28-20-12-16(13-25-26-22(27)17-7-9-18(24)10-8-17)11-19(23)21(20)29-14-15-5-3-2-4-6-15/h2-13H,14H2,1H3,(H,26,27)/b25-13-. The van der Waals surface area contributed by atoms with Crippen LogP contribution in [-0.2, 0) is 6.61 Å². The molecule has 0 bridgehead atoms. The van der Waals surface area contributed by atoms with Crippen molar-refractivity contribution in [2.75, 3.05) is 7.11 Å². The minimum atomic E-state index is -0.327. The first-order valence-corrected chi connectivity index (χ1v) is 9.87. The normalized spacial score (nSPS) is 10.7. The van der Waals surface area contributed by atoms with Crippen LogP contribution < -0.4 is 14.9 Å². The Balaban J connectivity index is 1.68. The number of benzene rings is 3. The van der Waals surface area contributed by atoms with Crippen molar-refractivity contribution in [1.82, 2.24) is 5.43 Å². The molecule has 0 aromatic heterocycles. The number of rotatable bonds is 7. The van der Waals surface area contributed by atoms with Crippen LogP contribution in [0.4, 0.5) is 0 Å². The third-order valence-corrected chi connectivity index (χ3v) is 4.80. The molecule has 3 aromatic rings. The Labute approximate surface area is 182 Å². The molecule has 0 atom stereocenters. The molecule has 5 nitrogen and oxygen atoms in total. The van der Waals surface area contributed by atoms with E-state index in [-0.39, 0.29) is 5.91 Å². The second kappa shape index (κ2) is 10.1. The third kappa shape index (κ3) is 5.82. The number of amides is 1. The minimum absolute atomic E-state index is 0.327. The quantitative estimate of drug-likeness (QED) is 0.366. The van der Waals surface area contributed by atoms with E-state index in [9.17, 15) is 4.79 Å². The zero-order valence-electron chi connectivity index (χ0n) is 15.6. The molecule has 0 saturated carbocycles. The summed E-state index contributed by atoms with van der Waals surface area (Å²) in [5, 5.41) is 4.57. The predicted octanol–water partition coefficient (Wildman–Crippen LogP) is 5.45. The van der Waals surface area contributed by atoms with E-state index >= 15 is 0 Å². The maximum atomic E-state index is 12.1. The van der Waals surface area contributed by atoms with Gasteiger partial charge in [-0.1, -0.05) is 41.9 Å². The molecular formula is C22H18BrClN2O3. The van der Waals surface area contributed by atoms with E-state index in [4.69, 9.17) is 21.1 Å². The van der Waals surface area contributed by atoms with E-state index in [0.717, 1.165) is 15.6 Å². The molecule has 1 amide bonds. The first kappa shape index (κ1) is 20.9. The summed E-state index contributed by atoms with van der Waals surface area (Å²) >= 11 is 9.34. The summed E-state index contributed by atoms with van der Waals surface area (Å²) in [7, 11) is 1.57. The van der Waals surface area contributed by atoms with Gasteiger partial charge in [0.05, 0.1) is 17.8 Å². The van der Waals surface area contributed by atoms with Gasteiger partial charge in [-0.3, -0.25) is 4.79 Å². The van der Waals surface area contributed by atoms with Gasteiger partial charge in [0.1, 0.15) is 6.61 Å². The van der Waals surface area contributed by atoms with E-state index in [1.807, 2.05) is 36.4 Å². The Kier molecular flexibility index (Phi) is 7.27. The van der Waals surface area contributed by atoms with E-state index in [2.05, 4.69) is 26.5 Å². The van der Waals surface area contributed by atoms with Gasteiger partial charge in [-0.15, -0.1) is 0 Å². The van der Waals surface area contributed by atoms with Crippen LogP contribution in [0.3, 0.4) is 0 Å². The SMILES string of the molecule is COc1cc(/C=N\NC(=O)c2ccc(Cl)cc2)cc(Br)c1OCc1ccccc1. The predicted molar refractivity (Wildman–Crippen MR) is 118 cm³/mol. The minimum Gasteiger partial charge on any atom is -0.493 e. The molecule has 0 unspecified atom stereocenters. The molecule has 29 heavy (non-hydrogen) atoms. The Hall–Kier alpha value is -2.83. The van der Waals surface area contributed by atoms with Crippen LogP contribution in [-0.4, -0.2) is 19.2 Å². The number of nitrogens with zero attached hydrogens (tertiary/aromatic N) is 1. The van der Waals surface area contributed by atoms with Gasteiger partial charge in [-0.05, 0) is 63.5 Å². The lowest BCUT2D eigenvalue weighted by Crippen LogP contribution is -2.17. The van der Waals surface area contributed by atoms with Crippen molar-refractivity contribution in [2.45, 2.75) is 6.61 Å². The lowest BCUT2D eigenvalue weighted by Gasteiger charge is -2.13. The van der Waals surface area contributed by atoms with Gasteiger partial charge < -0.3 is 9.47 Å². The highest BCUT2D eigenvalue weighted by molar-refractivity contribution is 9.10. The van der Waals surface area contributed by atoms with Crippen molar-refractivity contribution in [3.63, 3.8) is 0 Å². The molecule has 0 aliphatic heterocycles. The van der Waals surface area contributed by atoms with Crippen molar-refractivity contribution in [3.8, 4) is 11.5 Å². The summed E-state index contributed by atoms with van der Waals surface area (Å²) in [6.07, 6.45) is 1.53. The molecule has 3 aromatic carbocycles. The Morgan fingerprint density at radius 3 is 2.55 bits per heavy atom. The van der Waals surface area contributed by atoms with Crippen molar-refractivity contribution in [2.24, 2.45) is 5.10 Å². The molecule has 0 aliphatic rings. The van der Waals surface area contributed by atoms with Crippen molar-refractivity contribution in [1.29, 1.82) is 0 Å². The number of carbonyl (C=O) groups excluding carboxylic acids is 1. The molecule has 0 fully saturated rings. The number of hydrazone groups is 1. The maximum absolute atomic E-state index is 12.1. The Morgan fingerprint density at radius 1 is 1.14 bits per heavy atom. The molecule has 148 valence electrons. The molecule has 0 spiro atoms. The van der Waals surface area contributed by atoms with Crippen LogP contribution in [0.15, 0.2) is 76.3 Å². The fraction of sp³-hybridized carbons (Fsp3) is 0.0909. The molecule has 3 rings (SSSR count). The lowest BCUT2D eigenvalue weighted by atomic mass is 10.2. The molecule has 1 N–H and O–H groups in total. The zero-order valence-corrected chi connectivity index (χ0v) is 17.9. The first-order chi connectivity index (χ1) is 14.1. The van der Waals surface area contributed by atoms with E-state index < -0.39 is 0 Å². The van der Waals surface area contributed by atoms with Crippen LogP contribution in [0.5, 0.6) is 11.5 Å². The lowest BCUT2D eigenvalue weighted by molar-refractivity contribution is 0.0955. The number of hydrogen-bond acceptors (Lipinski definition) is 4. The number of ether oxygens (including phenoxy) is 2. The maximum Gasteiger partial charge on any atom is 0.271 e. The van der Waals surface area contributed by atoms with Crippen LogP contribution in [0, 0.1) is 0 Å². The highest BCUT2D eigenvalue weighted by Gasteiger charge is 2.12. The van der Waals surface area contributed by atoms with E-state index in [1.165, 1.54) is 6.21 Å². The second-order valence-electron chi connectivity index (χ2n) is 6.01. The van der Waals surface area contributed by atoms with Gasteiger partial charge in [0, 0.05) is 10.6 Å². The molecule has 7 heteroatoms. The van der Waals surface area contributed by atoms with Crippen LogP contribution in [0.2, 0.25) is 5.02 Å². The van der Waals surface area contributed by atoms with Crippen molar-refractivity contribution in [3.05, 3.63) is 92.9 Å². The topological polar surface area (TPSA) is 59.9 Å². The second-order valence-corrected chi connectivity index (χ2v) is 7.31. The van der Waals surface area contributed by atoms with Crippen molar-refractivity contribution >= 4 is 39.7 Å². The number of nitrogens with one attached hydrogen (secondary N) is 1. The summed E-state index contributed by atoms with van der Waals surface area (Å²) in [5.41, 5.74) is 4.74. The fourth-order valence-electron chi connectivity index (χ4n) is 2.52. The average molecular weight is 474 g/mol. The number of methoxy groups -OCH3 is 1. The Morgan fingerprint density at radius 2 is 1.86 bits per heavy atom. The third-order valence-electron chi connectivity index (χ3n) is 3.96. The highest BCUT2D eigenvalue weighted by Crippen LogP contribution is 2.36. The summed E-state index contributed by atoms with van der Waals surface area (Å²) in [4.78, 5) is 12.1. The molecular weight excluding hydrogens is 456 g/mol. The summed E-state index contributed by atoms with van der Waals surface area (Å²) in [6, 6.07) is 20.0. The van der Waals surface area contributed by atoms with Crippen LogP contribution >= 0.6 is 27.5 Å². The van der Waals surface area contributed by atoms with E-state index in [0.29, 0.717) is 28.7 Å². The van der Waals surface area contributed by atoms with Gasteiger partial charge in [0.15, 0.2) is 11.5 Å². The smallest absolute Gasteiger partial charge is 0.271 e. The van der Waals surface area contributed by atoms with Gasteiger partial charge >= 0.3 is 0 Å². The summed E-state index contributed by atoms with van der Waals surface area (Å²) < 4.78 is 12.1. The Bertz CT molecular complexity index is 1010. The highest BCUT2D eigenvalue weighted by atomic mass is 79.9. The van der Waals surface area contributed by atoms with Crippen molar-refractivity contribution < 1.29 is 14.3 Å². The zero-order chi connectivity index (χ0) is 20.6. The number of carbonyl (C=O) groups is 1. The number of hydrogen-bond donors (Lipinski definition) is 1. The van der Waals surface area contributed by atoms with Gasteiger partial charge in [0.25, 0.3) is 5.91 Å². The van der Waals surface area contributed by atoms with Gasteiger partial charge in [-0.25, -0.2) is 5.43 Å². The van der Waals surface area contributed by atoms with Crippen LogP contribution in [0.1, 0.15) is 21.5 Å². The number of halogens is 2. The first-order valence-electron chi connectivity index (χ1n) is 8.70. The largest absolute Gasteiger partial charge is 0.493 e. The van der Waals surface area contributed by atoms with Crippen LogP contribution in [0.25, 0.3) is 0 Å². The fourth-order valence-corrected chi connectivity index (χ4v) is 3.22. The summed E-state index contributed by atoms with van der Waals surface area (Å²) in [5.74, 6) is 0.825. The van der Waals surface area contributed by atoms with Gasteiger partial charge in [-0.2, -0.15) is 5.10 Å². The van der Waals surface area contributed by atoms with E-state index in [1.54, 1.807) is 37.4 Å². The molecule has 0 aliphatic carbocycles. The molecule has 0 heterocycles.